The number of H-pyrrole nitrogens is 1. The molecule has 3 heterocycles. The van der Waals surface area contributed by atoms with E-state index in [0.717, 1.165) is 17.8 Å². The first-order valence-corrected chi connectivity index (χ1v) is 12.2. The van der Waals surface area contributed by atoms with E-state index in [1.54, 1.807) is 16.0 Å². The zero-order chi connectivity index (χ0) is 25.9. The summed E-state index contributed by atoms with van der Waals surface area (Å²) in [5, 5.41) is 14.1. The van der Waals surface area contributed by atoms with E-state index in [-0.39, 0.29) is 28.6 Å². The first kappa shape index (κ1) is 25.9. The van der Waals surface area contributed by atoms with E-state index in [1.165, 1.54) is 12.1 Å². The number of hydrogen-bond acceptors (Lipinski definition) is 8. The summed E-state index contributed by atoms with van der Waals surface area (Å²) in [7, 11) is 0. The molecule has 1 N–H and O–H groups in total. The summed E-state index contributed by atoms with van der Waals surface area (Å²) in [6.07, 6.45) is 2.15. The van der Waals surface area contributed by atoms with Crippen LogP contribution in [0.5, 0.6) is 0 Å². The van der Waals surface area contributed by atoms with Gasteiger partial charge in [-0.3, -0.25) is 0 Å². The van der Waals surface area contributed by atoms with E-state index < -0.39 is 11.4 Å². The lowest BCUT2D eigenvalue weighted by Crippen LogP contribution is -2.39. The van der Waals surface area contributed by atoms with Gasteiger partial charge in [-0.25, -0.2) is 14.2 Å². The molecule has 0 atom stereocenters. The van der Waals surface area contributed by atoms with Crippen molar-refractivity contribution in [3.63, 3.8) is 0 Å². The van der Waals surface area contributed by atoms with Gasteiger partial charge in [0.15, 0.2) is 0 Å². The number of benzene rings is 1. The van der Waals surface area contributed by atoms with Crippen molar-refractivity contribution in [3.05, 3.63) is 51.9 Å². The summed E-state index contributed by atoms with van der Waals surface area (Å²) in [6, 6.07) is 6.52. The number of nitrogens with zero attached hydrogens (tertiary/aromatic N) is 7. The Bertz CT molecular complexity index is 1210. The number of carbonyl (C=O) groups excluding carboxylic acids is 1. The lowest BCUT2D eigenvalue weighted by molar-refractivity contribution is 0.0263. The lowest BCUT2D eigenvalue weighted by atomic mass is 10.2. The molecule has 4 rings (SSSR count). The quantitative estimate of drug-likeness (QED) is 0.462. The molecule has 1 amide bonds. The fourth-order valence-corrected chi connectivity index (χ4v) is 4.32. The number of amides is 1. The Morgan fingerprint density at radius 1 is 1.17 bits per heavy atom. The highest BCUT2D eigenvalue weighted by Crippen LogP contribution is 2.38. The Hall–Kier alpha value is -3.18. The van der Waals surface area contributed by atoms with Crippen molar-refractivity contribution in [3.8, 4) is 0 Å². The molecule has 1 aromatic carbocycles. The van der Waals surface area contributed by atoms with E-state index in [1.807, 2.05) is 32.9 Å². The average molecular weight is 537 g/mol. The molecule has 0 aliphatic carbocycles. The van der Waals surface area contributed by atoms with Gasteiger partial charge in [0, 0.05) is 37.9 Å². The first-order valence-electron chi connectivity index (χ1n) is 11.5. The topological polar surface area (TPSA) is 103 Å². The fourth-order valence-electron chi connectivity index (χ4n) is 3.91. The van der Waals surface area contributed by atoms with Gasteiger partial charge in [0.1, 0.15) is 17.2 Å². The second kappa shape index (κ2) is 10.8. The Balaban J connectivity index is 1.59. The van der Waals surface area contributed by atoms with Gasteiger partial charge < -0.3 is 19.4 Å². The highest BCUT2D eigenvalue weighted by molar-refractivity contribution is 6.43. The van der Waals surface area contributed by atoms with Gasteiger partial charge in [0.2, 0.25) is 0 Å². The smallest absolute Gasteiger partial charge is 0.410 e. The second-order valence-electron chi connectivity index (χ2n) is 9.29. The molecular formula is C23H27Cl2FN8O2. The van der Waals surface area contributed by atoms with Crippen molar-refractivity contribution in [2.45, 2.75) is 39.3 Å². The molecule has 0 saturated carbocycles. The van der Waals surface area contributed by atoms with Gasteiger partial charge in [0.05, 0.1) is 22.3 Å². The van der Waals surface area contributed by atoms with Crippen LogP contribution < -0.4 is 9.80 Å². The molecule has 2 aromatic heterocycles. The molecule has 0 unspecified atom stereocenters. The number of hydrogen-bond donors (Lipinski definition) is 1. The summed E-state index contributed by atoms with van der Waals surface area (Å²) < 4.78 is 19.5. The van der Waals surface area contributed by atoms with Crippen LogP contribution in [0.4, 0.5) is 26.6 Å². The van der Waals surface area contributed by atoms with E-state index in [9.17, 15) is 9.18 Å². The van der Waals surface area contributed by atoms with E-state index in [4.69, 9.17) is 27.9 Å². The number of pyridine rings is 1. The SMILES string of the molecule is CC(C)(C)OC(=O)N1CCCN(c2ncccc2CN(c2nn[nH]n2)c2ccc(F)c(Cl)c2Cl)CC1. The fraction of sp³-hybridized carbons (Fsp3) is 0.435. The molecule has 1 aliphatic heterocycles. The van der Waals surface area contributed by atoms with Crippen LogP contribution in [0, 0.1) is 5.82 Å². The normalized spacial score (nSPS) is 14.5. The standard InChI is InChI=1S/C23H27Cl2FN8O2/c1-23(2,3)36-22(35)33-11-5-10-32(12-13-33)20-15(6-4-9-27-20)14-34(21-28-30-31-29-21)17-8-7-16(26)18(24)19(17)25/h4,6-9H,5,10-14H2,1-3H3,(H,28,29,30,31). The van der Waals surface area contributed by atoms with Crippen molar-refractivity contribution < 1.29 is 13.9 Å². The molecule has 0 bridgehead atoms. The Morgan fingerprint density at radius 2 is 1.97 bits per heavy atom. The minimum Gasteiger partial charge on any atom is -0.444 e. The van der Waals surface area contributed by atoms with Crippen molar-refractivity contribution in [2.24, 2.45) is 0 Å². The average Bonchev–Trinajstić information content (AvgIpc) is 3.25. The number of nitrogens with one attached hydrogen (secondary N) is 1. The predicted octanol–water partition coefficient (Wildman–Crippen LogP) is 4.83. The van der Waals surface area contributed by atoms with Crippen molar-refractivity contribution in [1.29, 1.82) is 0 Å². The van der Waals surface area contributed by atoms with Gasteiger partial charge in [-0.15, -0.1) is 5.10 Å². The van der Waals surface area contributed by atoms with E-state index in [2.05, 4.69) is 30.5 Å². The summed E-state index contributed by atoms with van der Waals surface area (Å²) in [5.74, 6) is 0.363. The number of halogens is 3. The molecule has 1 fully saturated rings. The number of aromatic nitrogens is 5. The molecule has 1 saturated heterocycles. The van der Waals surface area contributed by atoms with Crippen LogP contribution in [-0.2, 0) is 11.3 Å². The van der Waals surface area contributed by atoms with Crippen LogP contribution in [0.25, 0.3) is 0 Å². The molecule has 192 valence electrons. The lowest BCUT2D eigenvalue weighted by Gasteiger charge is -2.28. The Morgan fingerprint density at radius 3 is 2.69 bits per heavy atom. The number of ether oxygens (including phenoxy) is 1. The number of aromatic amines is 1. The number of anilines is 3. The molecule has 1 aliphatic rings. The molecule has 0 spiro atoms. The monoisotopic (exact) mass is 536 g/mol. The largest absolute Gasteiger partial charge is 0.444 e. The summed E-state index contributed by atoms with van der Waals surface area (Å²) >= 11 is 12.5. The van der Waals surface area contributed by atoms with Gasteiger partial charge in [-0.2, -0.15) is 5.21 Å². The van der Waals surface area contributed by atoms with Gasteiger partial charge in [-0.05, 0) is 50.6 Å². The number of carbonyl (C=O) groups is 1. The third kappa shape index (κ3) is 5.96. The predicted molar refractivity (Wildman–Crippen MR) is 135 cm³/mol. The van der Waals surface area contributed by atoms with Crippen LogP contribution >= 0.6 is 23.2 Å². The Kier molecular flexibility index (Phi) is 7.79. The molecule has 3 aromatic rings. The first-order chi connectivity index (χ1) is 17.1. The Labute approximate surface area is 218 Å². The molecule has 13 heteroatoms. The molecular weight excluding hydrogens is 510 g/mol. The highest BCUT2D eigenvalue weighted by atomic mass is 35.5. The number of tetrazole rings is 1. The van der Waals surface area contributed by atoms with Crippen molar-refractivity contribution >= 4 is 46.7 Å². The highest BCUT2D eigenvalue weighted by Gasteiger charge is 2.27. The van der Waals surface area contributed by atoms with Crippen LogP contribution in [-0.4, -0.2) is 68.4 Å². The molecule has 0 radical (unpaired) electrons. The van der Waals surface area contributed by atoms with Crippen molar-refractivity contribution in [1.82, 2.24) is 30.5 Å². The van der Waals surface area contributed by atoms with Crippen LogP contribution in [0.3, 0.4) is 0 Å². The maximum Gasteiger partial charge on any atom is 0.410 e. The maximum atomic E-state index is 14.0. The minimum atomic E-state index is -0.625. The third-order valence-electron chi connectivity index (χ3n) is 5.52. The summed E-state index contributed by atoms with van der Waals surface area (Å²) in [6.45, 7) is 8.19. The van der Waals surface area contributed by atoms with E-state index in [0.29, 0.717) is 31.9 Å². The van der Waals surface area contributed by atoms with Crippen LogP contribution in [0.1, 0.15) is 32.8 Å². The van der Waals surface area contributed by atoms with Gasteiger partial charge in [-0.1, -0.05) is 34.4 Å². The zero-order valence-electron chi connectivity index (χ0n) is 20.2. The molecule has 36 heavy (non-hydrogen) atoms. The number of rotatable bonds is 5. The summed E-state index contributed by atoms with van der Waals surface area (Å²) in [4.78, 5) is 22.8. The zero-order valence-corrected chi connectivity index (χ0v) is 21.7. The summed E-state index contributed by atoms with van der Waals surface area (Å²) in [5.41, 5.74) is 0.719. The van der Waals surface area contributed by atoms with Crippen LogP contribution in [0.2, 0.25) is 10.0 Å². The second-order valence-corrected chi connectivity index (χ2v) is 10.0. The molecule has 10 nitrogen and oxygen atoms in total. The third-order valence-corrected chi connectivity index (χ3v) is 6.37. The minimum absolute atomic E-state index is 0.0367. The van der Waals surface area contributed by atoms with E-state index >= 15 is 0 Å². The van der Waals surface area contributed by atoms with Crippen LogP contribution in [0.15, 0.2) is 30.5 Å². The van der Waals surface area contributed by atoms with Gasteiger partial charge in [0.25, 0.3) is 5.95 Å². The maximum absolute atomic E-state index is 14.0. The van der Waals surface area contributed by atoms with Gasteiger partial charge >= 0.3 is 6.09 Å². The van der Waals surface area contributed by atoms with Crippen molar-refractivity contribution in [2.75, 3.05) is 36.0 Å².